The maximum atomic E-state index is 4.31. The molecule has 0 unspecified atom stereocenters. The van der Waals surface area contributed by atoms with E-state index in [1.165, 1.54) is 42.5 Å². The first-order chi connectivity index (χ1) is 5.25. The van der Waals surface area contributed by atoms with Gasteiger partial charge < -0.3 is 0 Å². The summed E-state index contributed by atoms with van der Waals surface area (Å²) >= 11 is 0. The summed E-state index contributed by atoms with van der Waals surface area (Å²) in [6.07, 6.45) is 5.11. The van der Waals surface area contributed by atoms with E-state index in [1.807, 2.05) is 7.05 Å². The summed E-state index contributed by atoms with van der Waals surface area (Å²) in [5, 5.41) is 0. The zero-order valence-electron chi connectivity index (χ0n) is 7.78. The molecule has 0 spiro atoms. The van der Waals surface area contributed by atoms with E-state index in [2.05, 4.69) is 18.8 Å². The second-order valence-electron chi connectivity index (χ2n) is 3.36. The molecule has 0 saturated heterocycles. The van der Waals surface area contributed by atoms with Gasteiger partial charge in [0.1, 0.15) is 0 Å². The summed E-state index contributed by atoms with van der Waals surface area (Å²) in [4.78, 5) is 4.31. The van der Waals surface area contributed by atoms with Crippen molar-refractivity contribution < 1.29 is 0 Å². The summed E-state index contributed by atoms with van der Waals surface area (Å²) in [6.45, 7) is 4.37. The van der Waals surface area contributed by atoms with Crippen LogP contribution in [-0.4, -0.2) is 12.8 Å². The lowest BCUT2D eigenvalue weighted by molar-refractivity contribution is 0.727. The van der Waals surface area contributed by atoms with Gasteiger partial charge in [-0.3, -0.25) is 4.99 Å². The molecule has 1 aliphatic carbocycles. The first-order valence-corrected chi connectivity index (χ1v) is 4.38. The van der Waals surface area contributed by atoms with Crippen LogP contribution >= 0.6 is 0 Å². The van der Waals surface area contributed by atoms with Gasteiger partial charge in [-0.15, -0.1) is 0 Å². The van der Waals surface area contributed by atoms with Gasteiger partial charge in [-0.2, -0.15) is 0 Å². The Kier molecular flexibility index (Phi) is 2.86. The first-order valence-electron chi connectivity index (χ1n) is 4.38. The van der Waals surface area contributed by atoms with Crippen LogP contribution in [0.2, 0.25) is 0 Å². The van der Waals surface area contributed by atoms with Gasteiger partial charge in [-0.1, -0.05) is 5.57 Å². The van der Waals surface area contributed by atoms with E-state index in [0.29, 0.717) is 0 Å². The zero-order chi connectivity index (χ0) is 8.27. The van der Waals surface area contributed by atoms with Crippen LogP contribution in [0.3, 0.4) is 0 Å². The standard InChI is InChI=1S/C10H17N/c1-8(2)9-6-4-5-7-10(9)11-3/h4-7H2,1-3H3. The van der Waals surface area contributed by atoms with Crippen molar-refractivity contribution in [2.75, 3.05) is 7.05 Å². The van der Waals surface area contributed by atoms with Gasteiger partial charge in [0.2, 0.25) is 0 Å². The Morgan fingerprint density at radius 3 is 2.27 bits per heavy atom. The van der Waals surface area contributed by atoms with Gasteiger partial charge in [0.05, 0.1) is 0 Å². The highest BCUT2D eigenvalue weighted by atomic mass is 14.7. The van der Waals surface area contributed by atoms with Crippen LogP contribution < -0.4 is 0 Å². The summed E-state index contributed by atoms with van der Waals surface area (Å²) in [7, 11) is 1.91. The van der Waals surface area contributed by atoms with Crippen molar-refractivity contribution in [3.05, 3.63) is 11.1 Å². The summed E-state index contributed by atoms with van der Waals surface area (Å²) in [5.74, 6) is 0. The maximum absolute atomic E-state index is 4.31. The van der Waals surface area contributed by atoms with E-state index in [9.17, 15) is 0 Å². The fourth-order valence-electron chi connectivity index (χ4n) is 1.67. The lowest BCUT2D eigenvalue weighted by Crippen LogP contribution is -2.10. The number of hydrogen-bond donors (Lipinski definition) is 0. The molecule has 1 fully saturated rings. The Morgan fingerprint density at radius 2 is 1.82 bits per heavy atom. The van der Waals surface area contributed by atoms with Crippen molar-refractivity contribution in [3.8, 4) is 0 Å². The minimum atomic E-state index is 1.19. The lowest BCUT2D eigenvalue weighted by Gasteiger charge is -2.17. The van der Waals surface area contributed by atoms with Crippen LogP contribution in [0.25, 0.3) is 0 Å². The SMILES string of the molecule is CN=C1CCCCC1=C(C)C. The van der Waals surface area contributed by atoms with Crippen LogP contribution in [0.5, 0.6) is 0 Å². The molecule has 0 bridgehead atoms. The van der Waals surface area contributed by atoms with Crippen molar-refractivity contribution >= 4 is 5.71 Å². The van der Waals surface area contributed by atoms with E-state index < -0.39 is 0 Å². The second kappa shape index (κ2) is 3.70. The molecule has 1 saturated carbocycles. The van der Waals surface area contributed by atoms with Crippen LogP contribution in [0, 0.1) is 0 Å². The monoisotopic (exact) mass is 151 g/mol. The fraction of sp³-hybridized carbons (Fsp3) is 0.700. The lowest BCUT2D eigenvalue weighted by atomic mass is 9.90. The first kappa shape index (κ1) is 8.51. The van der Waals surface area contributed by atoms with Gasteiger partial charge in [0, 0.05) is 12.8 Å². The second-order valence-corrected chi connectivity index (χ2v) is 3.36. The molecule has 0 aromatic rings. The minimum Gasteiger partial charge on any atom is -0.293 e. The summed E-state index contributed by atoms with van der Waals surface area (Å²) < 4.78 is 0. The molecule has 1 rings (SSSR count). The Balaban J connectivity index is 2.84. The highest BCUT2D eigenvalue weighted by molar-refractivity contribution is 6.01. The third kappa shape index (κ3) is 1.92. The molecule has 1 heteroatoms. The molecule has 0 amide bonds. The number of allylic oxidation sites excluding steroid dienone is 2. The Bertz CT molecular complexity index is 195. The van der Waals surface area contributed by atoms with E-state index in [-0.39, 0.29) is 0 Å². The Morgan fingerprint density at radius 1 is 1.18 bits per heavy atom. The van der Waals surface area contributed by atoms with Crippen LogP contribution in [-0.2, 0) is 0 Å². The number of aliphatic imine (C=N–C) groups is 1. The molecule has 0 radical (unpaired) electrons. The molecule has 11 heavy (non-hydrogen) atoms. The third-order valence-corrected chi connectivity index (χ3v) is 2.31. The zero-order valence-corrected chi connectivity index (χ0v) is 7.78. The predicted octanol–water partition coefficient (Wildman–Crippen LogP) is 2.97. The van der Waals surface area contributed by atoms with E-state index >= 15 is 0 Å². The third-order valence-electron chi connectivity index (χ3n) is 2.31. The largest absolute Gasteiger partial charge is 0.293 e. The average Bonchev–Trinajstić information content (AvgIpc) is 2.04. The normalized spacial score (nSPS) is 22.5. The minimum absolute atomic E-state index is 1.19. The average molecular weight is 151 g/mol. The molecule has 62 valence electrons. The van der Waals surface area contributed by atoms with Crippen molar-refractivity contribution in [1.29, 1.82) is 0 Å². The molecule has 0 aromatic heterocycles. The van der Waals surface area contributed by atoms with Crippen molar-refractivity contribution in [1.82, 2.24) is 0 Å². The van der Waals surface area contributed by atoms with Crippen LogP contribution in [0.1, 0.15) is 39.5 Å². The molecule has 1 aliphatic rings. The molecule has 0 heterocycles. The smallest absolute Gasteiger partial charge is 0.0376 e. The predicted molar refractivity (Wildman–Crippen MR) is 50.2 cm³/mol. The highest BCUT2D eigenvalue weighted by Gasteiger charge is 2.12. The highest BCUT2D eigenvalue weighted by Crippen LogP contribution is 2.23. The van der Waals surface area contributed by atoms with Gasteiger partial charge in [0.15, 0.2) is 0 Å². The summed E-state index contributed by atoms with van der Waals surface area (Å²) in [5.41, 5.74) is 4.31. The maximum Gasteiger partial charge on any atom is 0.0376 e. The molecule has 0 atom stereocenters. The molecule has 0 aliphatic heterocycles. The van der Waals surface area contributed by atoms with Crippen molar-refractivity contribution in [2.45, 2.75) is 39.5 Å². The van der Waals surface area contributed by atoms with Gasteiger partial charge in [-0.05, 0) is 45.1 Å². The topological polar surface area (TPSA) is 12.4 Å². The van der Waals surface area contributed by atoms with E-state index in [1.54, 1.807) is 0 Å². The van der Waals surface area contributed by atoms with E-state index in [4.69, 9.17) is 0 Å². The molecule has 0 N–H and O–H groups in total. The van der Waals surface area contributed by atoms with Crippen molar-refractivity contribution in [3.63, 3.8) is 0 Å². The Hall–Kier alpha value is -0.590. The van der Waals surface area contributed by atoms with Gasteiger partial charge >= 0.3 is 0 Å². The number of nitrogens with zero attached hydrogens (tertiary/aromatic N) is 1. The molecule has 1 nitrogen and oxygen atoms in total. The quantitative estimate of drug-likeness (QED) is 0.504. The fourth-order valence-corrected chi connectivity index (χ4v) is 1.67. The summed E-state index contributed by atoms with van der Waals surface area (Å²) in [6, 6.07) is 0. The Labute approximate surface area is 69.2 Å². The number of hydrogen-bond acceptors (Lipinski definition) is 1. The van der Waals surface area contributed by atoms with Gasteiger partial charge in [0.25, 0.3) is 0 Å². The van der Waals surface area contributed by atoms with Gasteiger partial charge in [-0.25, -0.2) is 0 Å². The molecular weight excluding hydrogens is 134 g/mol. The van der Waals surface area contributed by atoms with Crippen LogP contribution in [0.4, 0.5) is 0 Å². The van der Waals surface area contributed by atoms with Crippen molar-refractivity contribution in [2.24, 2.45) is 4.99 Å². The molecular formula is C10H17N. The van der Waals surface area contributed by atoms with E-state index in [0.717, 1.165) is 0 Å². The van der Waals surface area contributed by atoms with Crippen LogP contribution in [0.15, 0.2) is 16.1 Å². The molecule has 0 aromatic carbocycles. The number of rotatable bonds is 0.